The normalized spacial score (nSPS) is 16.1. The van der Waals surface area contributed by atoms with Crippen LogP contribution >= 0.6 is 0 Å². The Labute approximate surface area is 154 Å². The summed E-state index contributed by atoms with van der Waals surface area (Å²) >= 11 is 0. The molecule has 1 aromatic carbocycles. The van der Waals surface area contributed by atoms with Gasteiger partial charge in [0, 0.05) is 25.1 Å². The number of likely N-dealkylation sites (N-methyl/N-ethyl adjacent to an activating group) is 1. The van der Waals surface area contributed by atoms with Crippen molar-refractivity contribution in [3.63, 3.8) is 0 Å². The van der Waals surface area contributed by atoms with Crippen LogP contribution in [0.3, 0.4) is 0 Å². The topological polar surface area (TPSA) is 57.6 Å². The minimum Gasteiger partial charge on any atom is -0.356 e. The summed E-state index contributed by atoms with van der Waals surface area (Å²) in [6.45, 7) is 6.79. The van der Waals surface area contributed by atoms with Crippen LogP contribution in [0.25, 0.3) is 0 Å². The predicted molar refractivity (Wildman–Crippen MR) is 102 cm³/mol. The molecule has 0 unspecified atom stereocenters. The third-order valence-corrected chi connectivity index (χ3v) is 5.17. The van der Waals surface area contributed by atoms with E-state index < -0.39 is 0 Å². The number of carbonyl (C=O) groups is 1. The molecule has 0 fully saturated rings. The Morgan fingerprint density at radius 3 is 2.88 bits per heavy atom. The Morgan fingerprint density at radius 1 is 1.31 bits per heavy atom. The van der Waals surface area contributed by atoms with E-state index in [9.17, 15) is 4.79 Å². The second kappa shape index (κ2) is 6.90. The van der Waals surface area contributed by atoms with E-state index in [1.54, 1.807) is 0 Å². The van der Waals surface area contributed by atoms with E-state index in [1.807, 2.05) is 37.3 Å². The van der Waals surface area contributed by atoms with Gasteiger partial charge in [-0.2, -0.15) is 0 Å². The van der Waals surface area contributed by atoms with Gasteiger partial charge in [0.2, 0.25) is 5.91 Å². The summed E-state index contributed by atoms with van der Waals surface area (Å²) in [5.74, 6) is 1.09. The first-order valence-corrected chi connectivity index (χ1v) is 9.31. The number of rotatable bonds is 5. The fourth-order valence-corrected chi connectivity index (χ4v) is 3.82. The minimum atomic E-state index is -0.00969. The molecule has 3 heterocycles. The highest BCUT2D eigenvalue weighted by atomic mass is 16.1. The van der Waals surface area contributed by atoms with Crippen LogP contribution in [-0.2, 0) is 24.2 Å². The van der Waals surface area contributed by atoms with Crippen molar-refractivity contribution in [1.29, 1.82) is 0 Å². The molecule has 0 bridgehead atoms. The van der Waals surface area contributed by atoms with Crippen LogP contribution in [0.4, 0.5) is 0 Å². The standard InChI is InChI=1S/C21H24N4O/c1-3-25-10-9-18-20-16(13-22-21(20)25)11-17(24-18)12-19(26)23-14(2)15-7-5-4-6-8-15/h4-8,11,14H,3,9-10,12-13H2,1-2H3,(H,23,26)/t14-/m1/s1. The highest BCUT2D eigenvalue weighted by Gasteiger charge is 2.29. The number of aromatic nitrogens is 1. The van der Waals surface area contributed by atoms with Gasteiger partial charge in [-0.25, -0.2) is 0 Å². The molecule has 2 aromatic rings. The lowest BCUT2D eigenvalue weighted by molar-refractivity contribution is -0.121. The molecule has 0 saturated carbocycles. The van der Waals surface area contributed by atoms with Gasteiger partial charge in [-0.1, -0.05) is 30.3 Å². The van der Waals surface area contributed by atoms with Crippen LogP contribution in [-0.4, -0.2) is 34.7 Å². The van der Waals surface area contributed by atoms with E-state index in [4.69, 9.17) is 9.98 Å². The van der Waals surface area contributed by atoms with Crippen molar-refractivity contribution in [3.05, 3.63) is 64.5 Å². The van der Waals surface area contributed by atoms with E-state index in [0.717, 1.165) is 42.3 Å². The monoisotopic (exact) mass is 348 g/mol. The molecule has 26 heavy (non-hydrogen) atoms. The number of amidine groups is 1. The lowest BCUT2D eigenvalue weighted by Gasteiger charge is -2.29. The van der Waals surface area contributed by atoms with Crippen molar-refractivity contribution in [3.8, 4) is 0 Å². The SMILES string of the molecule is CCN1CCc2nc(CC(=O)N[C@H](C)c3ccccc3)cc3c2C1=NC3. The molecule has 5 heteroatoms. The minimum absolute atomic E-state index is 0.00568. The van der Waals surface area contributed by atoms with Gasteiger partial charge in [-0.3, -0.25) is 14.8 Å². The lowest BCUT2D eigenvalue weighted by atomic mass is 9.99. The molecule has 0 saturated heterocycles. The highest BCUT2D eigenvalue weighted by molar-refractivity contribution is 6.03. The summed E-state index contributed by atoms with van der Waals surface area (Å²) in [5.41, 5.74) is 5.47. The predicted octanol–water partition coefficient (Wildman–Crippen LogP) is 2.64. The van der Waals surface area contributed by atoms with Gasteiger partial charge in [0.15, 0.2) is 0 Å². The summed E-state index contributed by atoms with van der Waals surface area (Å²) in [6.07, 6.45) is 1.23. The molecule has 1 N–H and O–H groups in total. The number of hydrogen-bond donors (Lipinski definition) is 1. The number of hydrogen-bond acceptors (Lipinski definition) is 4. The van der Waals surface area contributed by atoms with Crippen molar-refractivity contribution in [2.24, 2.45) is 4.99 Å². The molecule has 0 aliphatic carbocycles. The number of pyridine rings is 1. The van der Waals surface area contributed by atoms with Crippen molar-refractivity contribution >= 4 is 11.7 Å². The van der Waals surface area contributed by atoms with Gasteiger partial charge in [0.1, 0.15) is 5.84 Å². The van der Waals surface area contributed by atoms with Crippen LogP contribution < -0.4 is 5.32 Å². The zero-order valence-electron chi connectivity index (χ0n) is 15.3. The number of nitrogens with one attached hydrogen (secondary N) is 1. The van der Waals surface area contributed by atoms with Crippen LogP contribution in [0, 0.1) is 0 Å². The summed E-state index contributed by atoms with van der Waals surface area (Å²) < 4.78 is 0. The number of benzene rings is 1. The molecule has 4 rings (SSSR count). The number of aliphatic imine (C=N–C) groups is 1. The van der Waals surface area contributed by atoms with Gasteiger partial charge in [0.05, 0.1) is 30.4 Å². The van der Waals surface area contributed by atoms with Crippen molar-refractivity contribution in [1.82, 2.24) is 15.2 Å². The van der Waals surface area contributed by atoms with Gasteiger partial charge >= 0.3 is 0 Å². The third kappa shape index (κ3) is 3.09. The Hall–Kier alpha value is -2.69. The molecule has 1 atom stereocenters. The Kier molecular flexibility index (Phi) is 4.45. The Bertz CT molecular complexity index is 860. The summed E-state index contributed by atoms with van der Waals surface area (Å²) in [4.78, 5) is 24.3. The maximum atomic E-state index is 12.5. The highest BCUT2D eigenvalue weighted by Crippen LogP contribution is 2.28. The number of amides is 1. The van der Waals surface area contributed by atoms with Crippen LogP contribution in [0.2, 0.25) is 0 Å². The average molecular weight is 348 g/mol. The zero-order valence-corrected chi connectivity index (χ0v) is 15.3. The van der Waals surface area contributed by atoms with E-state index in [2.05, 4.69) is 23.2 Å². The molecule has 0 spiro atoms. The molecule has 2 aliphatic rings. The first-order chi connectivity index (χ1) is 12.7. The fourth-order valence-electron chi connectivity index (χ4n) is 3.82. The van der Waals surface area contributed by atoms with E-state index in [1.165, 1.54) is 11.1 Å². The zero-order chi connectivity index (χ0) is 18.1. The van der Waals surface area contributed by atoms with Gasteiger partial charge in [-0.05, 0) is 31.0 Å². The molecule has 2 aliphatic heterocycles. The Balaban J connectivity index is 1.48. The van der Waals surface area contributed by atoms with Crippen molar-refractivity contribution < 1.29 is 4.79 Å². The molecule has 5 nitrogen and oxygen atoms in total. The van der Waals surface area contributed by atoms with Crippen LogP contribution in [0.15, 0.2) is 41.4 Å². The molecule has 1 aromatic heterocycles. The van der Waals surface area contributed by atoms with E-state index in [0.29, 0.717) is 13.0 Å². The summed E-state index contributed by atoms with van der Waals surface area (Å²) in [5, 5.41) is 3.07. The summed E-state index contributed by atoms with van der Waals surface area (Å²) in [6, 6.07) is 12.1. The molecular weight excluding hydrogens is 324 g/mol. The molecular formula is C21H24N4O. The second-order valence-corrected chi connectivity index (χ2v) is 6.94. The third-order valence-electron chi connectivity index (χ3n) is 5.17. The quantitative estimate of drug-likeness (QED) is 0.904. The second-order valence-electron chi connectivity index (χ2n) is 6.94. The summed E-state index contributed by atoms with van der Waals surface area (Å²) in [7, 11) is 0. The fraction of sp³-hybridized carbons (Fsp3) is 0.381. The number of nitrogens with zero attached hydrogens (tertiary/aromatic N) is 3. The first-order valence-electron chi connectivity index (χ1n) is 9.31. The molecule has 134 valence electrons. The van der Waals surface area contributed by atoms with E-state index >= 15 is 0 Å². The van der Waals surface area contributed by atoms with Gasteiger partial charge in [-0.15, -0.1) is 0 Å². The van der Waals surface area contributed by atoms with E-state index in [-0.39, 0.29) is 11.9 Å². The largest absolute Gasteiger partial charge is 0.356 e. The maximum Gasteiger partial charge on any atom is 0.226 e. The van der Waals surface area contributed by atoms with Crippen LogP contribution in [0.1, 0.15) is 48.0 Å². The Morgan fingerprint density at radius 2 is 2.12 bits per heavy atom. The smallest absolute Gasteiger partial charge is 0.226 e. The molecule has 0 radical (unpaired) electrons. The van der Waals surface area contributed by atoms with Gasteiger partial charge < -0.3 is 10.2 Å². The molecule has 1 amide bonds. The van der Waals surface area contributed by atoms with Crippen molar-refractivity contribution in [2.45, 2.75) is 39.3 Å². The maximum absolute atomic E-state index is 12.5. The first kappa shape index (κ1) is 16.8. The van der Waals surface area contributed by atoms with Crippen LogP contribution in [0.5, 0.6) is 0 Å². The average Bonchev–Trinajstić information content (AvgIpc) is 3.08. The lowest BCUT2D eigenvalue weighted by Crippen LogP contribution is -2.38. The van der Waals surface area contributed by atoms with Gasteiger partial charge in [0.25, 0.3) is 0 Å². The number of carbonyl (C=O) groups excluding carboxylic acids is 1. The van der Waals surface area contributed by atoms with Crippen molar-refractivity contribution in [2.75, 3.05) is 13.1 Å².